The number of rotatable bonds is 3. The zero-order valence-corrected chi connectivity index (χ0v) is 13.7. The summed E-state index contributed by atoms with van der Waals surface area (Å²) in [5.41, 5.74) is 5.66. The molecule has 0 aliphatic carbocycles. The Balaban J connectivity index is 0. The van der Waals surface area contributed by atoms with Crippen molar-refractivity contribution in [2.75, 3.05) is 0 Å². The molecule has 1 aromatic rings. The molecule has 20 heavy (non-hydrogen) atoms. The predicted molar refractivity (Wildman–Crippen MR) is 82.7 cm³/mol. The Kier molecular flexibility index (Phi) is 13.7. The van der Waals surface area contributed by atoms with Gasteiger partial charge in [-0.05, 0) is 24.6 Å². The Morgan fingerprint density at radius 1 is 1.30 bits per heavy atom. The van der Waals surface area contributed by atoms with Crippen LogP contribution >= 0.6 is 12.1 Å². The van der Waals surface area contributed by atoms with E-state index < -0.39 is 5.82 Å². The minimum Gasteiger partial charge on any atom is -0.369 e. The third kappa shape index (κ3) is 12.0. The maximum Gasteiger partial charge on any atom is 0.219 e. The van der Waals surface area contributed by atoms with Crippen LogP contribution in [0.2, 0.25) is 0 Å². The van der Waals surface area contributed by atoms with Gasteiger partial charge in [-0.2, -0.15) is 3.89 Å². The average molecular weight is 305 g/mol. The third-order valence-electron chi connectivity index (χ3n) is 2.24. The maximum atomic E-state index is 12.5. The van der Waals surface area contributed by atoms with Crippen LogP contribution in [-0.2, 0) is 4.79 Å². The van der Waals surface area contributed by atoms with Crippen LogP contribution in [0, 0.1) is 18.7 Å². The molecule has 0 fully saturated rings. The molecule has 2 N–H and O–H groups in total. The molecule has 1 rings (SSSR count). The molecule has 2 nitrogen and oxygen atoms in total. The predicted octanol–water partition coefficient (Wildman–Crippen LogP) is 5.04. The number of primary amides is 1. The summed E-state index contributed by atoms with van der Waals surface area (Å²) in [7, 11) is 0. The van der Waals surface area contributed by atoms with Crippen molar-refractivity contribution in [1.29, 1.82) is 0 Å². The molecular weight excluding hydrogens is 280 g/mol. The van der Waals surface area contributed by atoms with E-state index in [0.717, 1.165) is 5.56 Å². The van der Waals surface area contributed by atoms with E-state index >= 15 is 0 Å². The Labute approximate surface area is 125 Å². The van der Waals surface area contributed by atoms with Gasteiger partial charge in [0.2, 0.25) is 5.91 Å². The highest BCUT2D eigenvalue weighted by atomic mass is 32.2. The zero-order valence-electron chi connectivity index (χ0n) is 12.9. The fourth-order valence-electron chi connectivity index (χ4n) is 0.670. The van der Waals surface area contributed by atoms with Gasteiger partial charge in [-0.1, -0.05) is 46.6 Å². The van der Waals surface area contributed by atoms with Crippen molar-refractivity contribution in [3.63, 3.8) is 0 Å². The Bertz CT molecular complexity index is 382. The Morgan fingerprint density at radius 3 is 2.00 bits per heavy atom. The number of hydrogen-bond acceptors (Lipinski definition) is 2. The third-order valence-corrected chi connectivity index (χ3v) is 2.72. The van der Waals surface area contributed by atoms with Crippen molar-refractivity contribution in [2.24, 2.45) is 11.7 Å². The molecule has 0 aromatic heterocycles. The Hall–Kier alpha value is -1.10. The second-order valence-corrected chi connectivity index (χ2v) is 5.16. The first-order chi connectivity index (χ1) is 9.29. The van der Waals surface area contributed by atoms with Gasteiger partial charge in [0.05, 0.1) is 17.0 Å². The zero-order chi connectivity index (χ0) is 16.1. The lowest BCUT2D eigenvalue weighted by atomic mass is 10.2. The van der Waals surface area contributed by atoms with E-state index in [2.05, 4.69) is 13.8 Å². The largest absolute Gasteiger partial charge is 0.369 e. The summed E-state index contributed by atoms with van der Waals surface area (Å²) >= 11 is -0.0654. The first-order valence-electron chi connectivity index (χ1n) is 6.64. The topological polar surface area (TPSA) is 43.1 Å². The van der Waals surface area contributed by atoms with E-state index in [0.29, 0.717) is 0 Å². The number of amides is 1. The fourth-order valence-corrected chi connectivity index (χ4v) is 1.04. The van der Waals surface area contributed by atoms with Crippen molar-refractivity contribution in [1.82, 2.24) is 0 Å². The van der Waals surface area contributed by atoms with Crippen molar-refractivity contribution in [3.05, 3.63) is 29.6 Å². The first-order valence-corrected chi connectivity index (χ1v) is 7.35. The number of hydrogen-bond donors (Lipinski definition) is 1. The normalized spacial score (nSPS) is 9.20. The number of carbonyl (C=O) groups is 1. The lowest BCUT2D eigenvalue weighted by Crippen LogP contribution is -2.17. The lowest BCUT2D eigenvalue weighted by Gasteiger charge is -1.95. The number of unbranched alkanes of at least 4 members (excludes halogenated alkanes) is 1. The minimum atomic E-state index is -0.502. The molecule has 0 aliphatic rings. The summed E-state index contributed by atoms with van der Waals surface area (Å²) in [6.45, 7) is 9.68. The smallest absolute Gasteiger partial charge is 0.219 e. The van der Waals surface area contributed by atoms with Crippen molar-refractivity contribution in [2.45, 2.75) is 52.4 Å². The molecule has 0 aliphatic heterocycles. The number of carbonyl (C=O) groups excluding carboxylic acids is 1. The molecule has 0 unspecified atom stereocenters. The van der Waals surface area contributed by atoms with Crippen LogP contribution in [0.5, 0.6) is 0 Å². The van der Waals surface area contributed by atoms with Crippen LogP contribution < -0.4 is 5.73 Å². The second-order valence-electron chi connectivity index (χ2n) is 4.57. The number of aryl methyl sites for hydroxylation is 1. The van der Waals surface area contributed by atoms with E-state index in [9.17, 15) is 13.1 Å². The van der Waals surface area contributed by atoms with Gasteiger partial charge >= 0.3 is 0 Å². The molecule has 0 bridgehead atoms. The molecule has 0 saturated heterocycles. The van der Waals surface area contributed by atoms with Crippen LogP contribution in [0.1, 0.15) is 46.1 Å². The van der Waals surface area contributed by atoms with Gasteiger partial charge in [-0.15, -0.1) is 0 Å². The maximum absolute atomic E-state index is 12.5. The highest BCUT2D eigenvalue weighted by molar-refractivity contribution is 7.94. The van der Waals surface area contributed by atoms with Crippen molar-refractivity contribution < 1.29 is 13.1 Å². The van der Waals surface area contributed by atoms with E-state index in [1.54, 1.807) is 26.8 Å². The van der Waals surface area contributed by atoms with Crippen LogP contribution in [0.15, 0.2) is 23.1 Å². The minimum absolute atomic E-state index is 0.00926. The molecule has 1 aromatic carbocycles. The van der Waals surface area contributed by atoms with Gasteiger partial charge in [0.25, 0.3) is 0 Å². The SMILES string of the molecule is CC(C)C(N)=O.CCCC.Cc1ccc(F)c(SF)c1. The van der Waals surface area contributed by atoms with Gasteiger partial charge in [-0.3, -0.25) is 4.79 Å². The monoisotopic (exact) mass is 305 g/mol. The van der Waals surface area contributed by atoms with Crippen LogP contribution in [-0.4, -0.2) is 5.91 Å². The summed E-state index contributed by atoms with van der Waals surface area (Å²) < 4.78 is 24.4. The summed E-state index contributed by atoms with van der Waals surface area (Å²) in [4.78, 5) is 9.98. The highest BCUT2D eigenvalue weighted by Crippen LogP contribution is 2.22. The summed E-state index contributed by atoms with van der Waals surface area (Å²) in [6.07, 6.45) is 2.64. The molecule has 0 radical (unpaired) electrons. The van der Waals surface area contributed by atoms with Gasteiger partial charge < -0.3 is 5.73 Å². The highest BCUT2D eigenvalue weighted by Gasteiger charge is 2.01. The quantitative estimate of drug-likeness (QED) is 0.849. The second kappa shape index (κ2) is 12.9. The number of benzene rings is 1. The van der Waals surface area contributed by atoms with Gasteiger partial charge in [0.15, 0.2) is 0 Å². The van der Waals surface area contributed by atoms with Crippen LogP contribution in [0.25, 0.3) is 0 Å². The van der Waals surface area contributed by atoms with E-state index in [1.165, 1.54) is 25.0 Å². The van der Waals surface area contributed by atoms with Crippen LogP contribution in [0.3, 0.4) is 0 Å². The summed E-state index contributed by atoms with van der Waals surface area (Å²) in [6, 6.07) is 4.34. The van der Waals surface area contributed by atoms with Crippen molar-refractivity contribution in [3.8, 4) is 0 Å². The molecule has 0 spiro atoms. The molecule has 0 saturated carbocycles. The summed E-state index contributed by atoms with van der Waals surface area (Å²) in [5.74, 6) is -0.752. The van der Waals surface area contributed by atoms with Gasteiger partial charge in [0, 0.05) is 5.92 Å². The van der Waals surface area contributed by atoms with Gasteiger partial charge in [0.1, 0.15) is 5.82 Å². The summed E-state index contributed by atoms with van der Waals surface area (Å²) in [5, 5.41) is 0. The molecule has 116 valence electrons. The molecular formula is C15H25F2NOS. The van der Waals surface area contributed by atoms with E-state index in [-0.39, 0.29) is 28.9 Å². The standard InChI is InChI=1S/C7H6F2S.C4H9NO.C4H10/c1-5-2-3-6(8)7(4-5)10-9;1-3(2)4(5)6;1-3-4-2/h2-4H,1H3;3H,1-2H3,(H2,5,6);3-4H2,1-2H3. The lowest BCUT2D eigenvalue weighted by molar-refractivity contribution is -0.120. The average Bonchev–Trinajstić information content (AvgIpc) is 2.42. The molecule has 1 amide bonds. The number of nitrogens with two attached hydrogens (primary N) is 1. The van der Waals surface area contributed by atoms with Crippen LogP contribution in [0.4, 0.5) is 8.28 Å². The number of halogens is 2. The first kappa shape index (κ1) is 21.2. The van der Waals surface area contributed by atoms with E-state index in [1.807, 2.05) is 0 Å². The van der Waals surface area contributed by atoms with Crippen molar-refractivity contribution >= 4 is 18.1 Å². The molecule has 5 heteroatoms. The van der Waals surface area contributed by atoms with E-state index in [4.69, 9.17) is 5.73 Å². The molecule has 0 atom stereocenters. The Morgan fingerprint density at radius 2 is 1.75 bits per heavy atom. The van der Waals surface area contributed by atoms with Gasteiger partial charge in [-0.25, -0.2) is 4.39 Å². The molecule has 0 heterocycles. The fraction of sp³-hybridized carbons (Fsp3) is 0.533.